The van der Waals surface area contributed by atoms with Crippen molar-refractivity contribution in [1.82, 2.24) is 24.7 Å². The summed E-state index contributed by atoms with van der Waals surface area (Å²) in [6.45, 7) is 11.1. The van der Waals surface area contributed by atoms with Crippen LogP contribution >= 0.6 is 0 Å². The quantitative estimate of drug-likeness (QED) is 0.734. The van der Waals surface area contributed by atoms with Gasteiger partial charge in [-0.15, -0.1) is 0 Å². The van der Waals surface area contributed by atoms with E-state index in [0.717, 1.165) is 32.0 Å². The molecule has 5 heteroatoms. The zero-order valence-corrected chi connectivity index (χ0v) is 12.3. The van der Waals surface area contributed by atoms with Gasteiger partial charge in [0, 0.05) is 51.7 Å². The summed E-state index contributed by atoms with van der Waals surface area (Å²) < 4.78 is 2.28. The third kappa shape index (κ3) is 4.60. The fourth-order valence-electron chi connectivity index (χ4n) is 2.41. The average Bonchev–Trinajstić information content (AvgIpc) is 2.86. The Kier molecular flexibility index (Phi) is 5.82. The number of imidazole rings is 1. The van der Waals surface area contributed by atoms with Gasteiger partial charge in [0.05, 0.1) is 6.54 Å². The van der Waals surface area contributed by atoms with Crippen molar-refractivity contribution in [3.63, 3.8) is 0 Å². The van der Waals surface area contributed by atoms with Gasteiger partial charge >= 0.3 is 0 Å². The number of piperazine rings is 1. The summed E-state index contributed by atoms with van der Waals surface area (Å²) in [6.07, 6.45) is 5.17. The van der Waals surface area contributed by atoms with Gasteiger partial charge in [-0.1, -0.05) is 6.92 Å². The lowest BCUT2D eigenvalue weighted by Gasteiger charge is -2.32. The molecule has 0 spiro atoms. The Labute approximate surface area is 116 Å². The highest BCUT2D eigenvalue weighted by Gasteiger charge is 2.13. The summed E-state index contributed by atoms with van der Waals surface area (Å²) in [7, 11) is 2.20. The van der Waals surface area contributed by atoms with Crippen LogP contribution in [0.5, 0.6) is 0 Å². The van der Waals surface area contributed by atoms with E-state index in [1.165, 1.54) is 32.6 Å². The number of aromatic nitrogens is 2. The summed E-state index contributed by atoms with van der Waals surface area (Å²) in [4.78, 5) is 9.38. The summed E-state index contributed by atoms with van der Waals surface area (Å²) in [5, 5.41) is 3.42. The molecule has 0 atom stereocenters. The van der Waals surface area contributed by atoms with E-state index in [1.807, 2.05) is 6.20 Å². The van der Waals surface area contributed by atoms with Crippen LogP contribution in [-0.4, -0.2) is 65.7 Å². The van der Waals surface area contributed by atoms with Crippen LogP contribution < -0.4 is 5.32 Å². The van der Waals surface area contributed by atoms with E-state index in [2.05, 4.69) is 44.8 Å². The molecule has 0 saturated carbocycles. The molecule has 2 heterocycles. The maximum Gasteiger partial charge on any atom is 0.122 e. The number of nitrogens with one attached hydrogen (secondary N) is 1. The predicted octanol–water partition coefficient (Wildman–Crippen LogP) is 0.630. The predicted molar refractivity (Wildman–Crippen MR) is 78.2 cm³/mol. The van der Waals surface area contributed by atoms with Crippen molar-refractivity contribution in [2.75, 3.05) is 46.3 Å². The second-order valence-corrected chi connectivity index (χ2v) is 5.36. The van der Waals surface area contributed by atoms with Crippen LogP contribution in [0, 0.1) is 0 Å². The minimum absolute atomic E-state index is 0.879. The van der Waals surface area contributed by atoms with E-state index in [1.54, 1.807) is 0 Å². The molecule has 0 radical (unpaired) electrons. The maximum atomic E-state index is 4.44. The number of hydrogen-bond donors (Lipinski definition) is 1. The van der Waals surface area contributed by atoms with Crippen molar-refractivity contribution < 1.29 is 0 Å². The lowest BCUT2D eigenvalue weighted by Crippen LogP contribution is -2.45. The van der Waals surface area contributed by atoms with E-state index in [-0.39, 0.29) is 0 Å². The van der Waals surface area contributed by atoms with Crippen molar-refractivity contribution in [1.29, 1.82) is 0 Å². The number of hydrogen-bond acceptors (Lipinski definition) is 4. The van der Waals surface area contributed by atoms with Crippen LogP contribution in [0.2, 0.25) is 0 Å². The van der Waals surface area contributed by atoms with Gasteiger partial charge in [-0.3, -0.25) is 4.90 Å². The van der Waals surface area contributed by atoms with Crippen LogP contribution in [-0.2, 0) is 13.1 Å². The third-order valence-electron chi connectivity index (χ3n) is 3.76. The molecule has 1 N–H and O–H groups in total. The minimum Gasteiger partial charge on any atom is -0.333 e. The normalized spacial score (nSPS) is 18.0. The Morgan fingerprint density at radius 3 is 2.74 bits per heavy atom. The Morgan fingerprint density at radius 2 is 2.00 bits per heavy atom. The molecule has 0 amide bonds. The molecule has 19 heavy (non-hydrogen) atoms. The van der Waals surface area contributed by atoms with Crippen LogP contribution in [0.1, 0.15) is 19.2 Å². The Morgan fingerprint density at radius 1 is 1.21 bits per heavy atom. The molecule has 2 rings (SSSR count). The zero-order chi connectivity index (χ0) is 13.5. The largest absolute Gasteiger partial charge is 0.333 e. The van der Waals surface area contributed by atoms with Crippen LogP contribution in [0.3, 0.4) is 0 Å². The van der Waals surface area contributed by atoms with Crippen LogP contribution in [0.4, 0.5) is 0 Å². The van der Waals surface area contributed by atoms with Gasteiger partial charge in [0.2, 0.25) is 0 Å². The van der Waals surface area contributed by atoms with Crippen molar-refractivity contribution in [2.24, 2.45) is 0 Å². The van der Waals surface area contributed by atoms with Crippen molar-refractivity contribution in [3.05, 3.63) is 18.2 Å². The van der Waals surface area contributed by atoms with Gasteiger partial charge in [-0.25, -0.2) is 4.98 Å². The maximum absolute atomic E-state index is 4.44. The molecule has 0 unspecified atom stereocenters. The Bertz CT molecular complexity index is 354. The molecular weight excluding hydrogens is 238 g/mol. The first-order valence-corrected chi connectivity index (χ1v) is 7.41. The first-order valence-electron chi connectivity index (χ1n) is 7.41. The summed E-state index contributed by atoms with van der Waals surface area (Å²) >= 11 is 0. The lowest BCUT2D eigenvalue weighted by atomic mass is 10.3. The molecular formula is C14H27N5. The van der Waals surface area contributed by atoms with Gasteiger partial charge < -0.3 is 14.8 Å². The van der Waals surface area contributed by atoms with E-state index in [9.17, 15) is 0 Å². The van der Waals surface area contributed by atoms with Crippen molar-refractivity contribution >= 4 is 0 Å². The highest BCUT2D eigenvalue weighted by Crippen LogP contribution is 2.02. The molecule has 1 saturated heterocycles. The molecule has 0 aliphatic carbocycles. The Balaban J connectivity index is 1.74. The molecule has 5 nitrogen and oxygen atoms in total. The average molecular weight is 265 g/mol. The van der Waals surface area contributed by atoms with Gasteiger partial charge in [-0.2, -0.15) is 0 Å². The van der Waals surface area contributed by atoms with Gasteiger partial charge in [0.25, 0.3) is 0 Å². The van der Waals surface area contributed by atoms with Crippen LogP contribution in [0.25, 0.3) is 0 Å². The minimum atomic E-state index is 0.879. The summed E-state index contributed by atoms with van der Waals surface area (Å²) in [5.41, 5.74) is 0. The van der Waals surface area contributed by atoms with Gasteiger partial charge in [0.15, 0.2) is 0 Å². The van der Waals surface area contributed by atoms with E-state index >= 15 is 0 Å². The molecule has 1 aliphatic rings. The van der Waals surface area contributed by atoms with E-state index < -0.39 is 0 Å². The number of nitrogens with zero attached hydrogens (tertiary/aromatic N) is 4. The highest BCUT2D eigenvalue weighted by atomic mass is 15.3. The number of rotatable bonds is 7. The van der Waals surface area contributed by atoms with Crippen molar-refractivity contribution in [2.45, 2.75) is 26.4 Å². The second kappa shape index (κ2) is 7.62. The van der Waals surface area contributed by atoms with E-state index in [4.69, 9.17) is 0 Å². The fourth-order valence-corrected chi connectivity index (χ4v) is 2.41. The fraction of sp³-hybridized carbons (Fsp3) is 0.786. The molecule has 1 aromatic heterocycles. The molecule has 1 aliphatic heterocycles. The smallest absolute Gasteiger partial charge is 0.122 e. The molecule has 1 fully saturated rings. The standard InChI is InChI=1S/C14H27N5/c1-3-4-15-13-14-16-5-6-19(14)12-11-18-9-7-17(2)8-10-18/h5-6,15H,3-4,7-13H2,1-2H3. The molecule has 0 aromatic carbocycles. The third-order valence-corrected chi connectivity index (χ3v) is 3.76. The lowest BCUT2D eigenvalue weighted by molar-refractivity contribution is 0.149. The topological polar surface area (TPSA) is 36.3 Å². The van der Waals surface area contributed by atoms with E-state index in [0.29, 0.717) is 0 Å². The first kappa shape index (κ1) is 14.5. The molecule has 1 aromatic rings. The SMILES string of the molecule is CCCNCc1nccn1CCN1CCN(C)CC1. The Hall–Kier alpha value is -0.910. The van der Waals surface area contributed by atoms with Crippen LogP contribution in [0.15, 0.2) is 12.4 Å². The zero-order valence-electron chi connectivity index (χ0n) is 12.3. The monoisotopic (exact) mass is 265 g/mol. The van der Waals surface area contributed by atoms with Gasteiger partial charge in [-0.05, 0) is 20.0 Å². The second-order valence-electron chi connectivity index (χ2n) is 5.36. The van der Waals surface area contributed by atoms with Gasteiger partial charge in [0.1, 0.15) is 5.82 Å². The highest BCUT2D eigenvalue weighted by molar-refractivity contribution is 4.92. The first-order chi connectivity index (χ1) is 9.29. The summed E-state index contributed by atoms with van der Waals surface area (Å²) in [6, 6.07) is 0. The molecule has 108 valence electrons. The summed E-state index contributed by atoms with van der Waals surface area (Å²) in [5.74, 6) is 1.16. The number of likely N-dealkylation sites (N-methyl/N-ethyl adjacent to an activating group) is 1. The van der Waals surface area contributed by atoms with Crippen molar-refractivity contribution in [3.8, 4) is 0 Å². The molecule has 0 bridgehead atoms.